The molecule has 2 unspecified atom stereocenters. The zero-order chi connectivity index (χ0) is 10.8. The second-order valence-electron chi connectivity index (χ2n) is 3.84. The van der Waals surface area contributed by atoms with E-state index in [-0.39, 0.29) is 0 Å². The molecule has 2 rings (SSSR count). The Bertz CT molecular complexity index is 330. The number of nitrogens with zero attached hydrogens (tertiary/aromatic N) is 1. The fourth-order valence-electron chi connectivity index (χ4n) is 1.64. The molecule has 0 saturated carbocycles. The predicted octanol–water partition coefficient (Wildman–Crippen LogP) is 2.06. The fraction of sp³-hybridized carbons (Fsp3) is 0.455. The van der Waals surface area contributed by atoms with Crippen LogP contribution in [0.5, 0.6) is 0 Å². The molecule has 0 aliphatic carbocycles. The molecule has 0 N–H and O–H groups in total. The first-order valence-electron chi connectivity index (χ1n) is 5.04. The lowest BCUT2D eigenvalue weighted by molar-refractivity contribution is 0.343. The van der Waals surface area contributed by atoms with Gasteiger partial charge < -0.3 is 4.55 Å². The molecule has 1 fully saturated rings. The minimum absolute atomic E-state index is 0.292. The molecule has 1 aromatic carbocycles. The van der Waals surface area contributed by atoms with E-state index >= 15 is 0 Å². The van der Waals surface area contributed by atoms with Crippen molar-refractivity contribution in [1.29, 1.82) is 0 Å². The highest BCUT2D eigenvalue weighted by Crippen LogP contribution is 2.22. The number of benzene rings is 1. The average molecular weight is 227 g/mol. The summed E-state index contributed by atoms with van der Waals surface area (Å²) in [5, 5.41) is 0. The Morgan fingerprint density at radius 2 is 2.07 bits per heavy atom. The van der Waals surface area contributed by atoms with Gasteiger partial charge in [-0.05, 0) is 25.5 Å². The van der Waals surface area contributed by atoms with Crippen LogP contribution >= 0.6 is 0 Å². The molecular formula is C11H14FNOS. The highest BCUT2D eigenvalue weighted by atomic mass is 32.2. The van der Waals surface area contributed by atoms with E-state index in [9.17, 15) is 8.94 Å². The van der Waals surface area contributed by atoms with Gasteiger partial charge in [0.2, 0.25) is 0 Å². The molecule has 0 aromatic heterocycles. The fourth-order valence-corrected chi connectivity index (χ4v) is 2.88. The summed E-state index contributed by atoms with van der Waals surface area (Å²) in [6.45, 7) is 2.86. The van der Waals surface area contributed by atoms with Crippen molar-refractivity contribution < 1.29 is 8.94 Å². The van der Waals surface area contributed by atoms with Gasteiger partial charge in [-0.25, -0.2) is 4.39 Å². The SMILES string of the molecule is Cc1ccc([S+]([O-])N2CCC(F)C2)cc1. The van der Waals surface area contributed by atoms with Crippen molar-refractivity contribution in [2.24, 2.45) is 0 Å². The molecule has 0 spiro atoms. The molecular weight excluding hydrogens is 213 g/mol. The van der Waals surface area contributed by atoms with Gasteiger partial charge in [0.15, 0.2) is 4.90 Å². The molecule has 1 saturated heterocycles. The van der Waals surface area contributed by atoms with Gasteiger partial charge in [-0.15, -0.1) is 4.31 Å². The van der Waals surface area contributed by atoms with Crippen LogP contribution in [0.1, 0.15) is 12.0 Å². The summed E-state index contributed by atoms with van der Waals surface area (Å²) < 4.78 is 26.6. The van der Waals surface area contributed by atoms with Gasteiger partial charge in [0, 0.05) is 6.54 Å². The van der Waals surface area contributed by atoms with Gasteiger partial charge >= 0.3 is 0 Å². The van der Waals surface area contributed by atoms with Crippen LogP contribution in [-0.2, 0) is 11.4 Å². The van der Waals surface area contributed by atoms with E-state index in [4.69, 9.17) is 0 Å². The van der Waals surface area contributed by atoms with Crippen molar-refractivity contribution in [3.8, 4) is 0 Å². The largest absolute Gasteiger partial charge is 0.593 e. The first kappa shape index (κ1) is 10.9. The normalized spacial score (nSPS) is 24.3. The Morgan fingerprint density at radius 3 is 2.60 bits per heavy atom. The molecule has 0 amide bonds. The zero-order valence-electron chi connectivity index (χ0n) is 8.65. The Labute approximate surface area is 92.4 Å². The molecule has 4 heteroatoms. The van der Waals surface area contributed by atoms with Gasteiger partial charge in [-0.3, -0.25) is 0 Å². The minimum Gasteiger partial charge on any atom is -0.593 e. The lowest BCUT2D eigenvalue weighted by atomic mass is 10.2. The Kier molecular flexibility index (Phi) is 3.29. The predicted molar refractivity (Wildman–Crippen MR) is 58.7 cm³/mol. The number of hydrogen-bond acceptors (Lipinski definition) is 2. The summed E-state index contributed by atoms with van der Waals surface area (Å²) in [5.41, 5.74) is 1.14. The zero-order valence-corrected chi connectivity index (χ0v) is 9.47. The molecule has 0 radical (unpaired) electrons. The van der Waals surface area contributed by atoms with Crippen LogP contribution in [-0.4, -0.2) is 28.1 Å². The number of aryl methyl sites for hydroxylation is 1. The first-order chi connectivity index (χ1) is 7.16. The summed E-state index contributed by atoms with van der Waals surface area (Å²) in [6.07, 6.45) is -0.322. The van der Waals surface area contributed by atoms with E-state index in [1.54, 1.807) is 4.31 Å². The van der Waals surface area contributed by atoms with Crippen molar-refractivity contribution in [1.82, 2.24) is 4.31 Å². The third-order valence-electron chi connectivity index (χ3n) is 2.55. The maximum Gasteiger partial charge on any atom is 0.174 e. The third-order valence-corrected chi connectivity index (χ3v) is 4.03. The van der Waals surface area contributed by atoms with Crippen molar-refractivity contribution in [3.05, 3.63) is 29.8 Å². The smallest absolute Gasteiger partial charge is 0.174 e. The van der Waals surface area contributed by atoms with Crippen LogP contribution in [0.25, 0.3) is 0 Å². The second-order valence-corrected chi connectivity index (χ2v) is 5.32. The van der Waals surface area contributed by atoms with Crippen LogP contribution in [0.3, 0.4) is 0 Å². The van der Waals surface area contributed by atoms with E-state index in [0.29, 0.717) is 19.5 Å². The van der Waals surface area contributed by atoms with E-state index in [2.05, 4.69) is 0 Å². The van der Waals surface area contributed by atoms with Crippen LogP contribution in [0, 0.1) is 6.92 Å². The second kappa shape index (κ2) is 4.51. The molecule has 2 atom stereocenters. The summed E-state index contributed by atoms with van der Waals surface area (Å²) in [6, 6.07) is 7.54. The van der Waals surface area contributed by atoms with E-state index < -0.39 is 17.5 Å². The monoisotopic (exact) mass is 227 g/mol. The van der Waals surface area contributed by atoms with E-state index in [1.807, 2.05) is 31.2 Å². The van der Waals surface area contributed by atoms with Crippen molar-refractivity contribution in [3.63, 3.8) is 0 Å². The lowest BCUT2D eigenvalue weighted by Gasteiger charge is -2.18. The van der Waals surface area contributed by atoms with Gasteiger partial charge in [0.1, 0.15) is 6.17 Å². The Hall–Kier alpha value is -0.580. The molecule has 0 bridgehead atoms. The van der Waals surface area contributed by atoms with Crippen LogP contribution in [0.2, 0.25) is 0 Å². The molecule has 82 valence electrons. The number of halogens is 1. The number of hydrogen-bond donors (Lipinski definition) is 0. The molecule has 1 heterocycles. The van der Waals surface area contributed by atoms with E-state index in [0.717, 1.165) is 10.5 Å². The number of alkyl halides is 1. The van der Waals surface area contributed by atoms with Crippen molar-refractivity contribution in [2.45, 2.75) is 24.4 Å². The van der Waals surface area contributed by atoms with Crippen molar-refractivity contribution in [2.75, 3.05) is 13.1 Å². The molecule has 2 nitrogen and oxygen atoms in total. The third kappa shape index (κ3) is 2.51. The lowest BCUT2D eigenvalue weighted by Crippen LogP contribution is -2.29. The van der Waals surface area contributed by atoms with Gasteiger partial charge in [0.05, 0.1) is 17.9 Å². The summed E-state index contributed by atoms with van der Waals surface area (Å²) in [4.78, 5) is 0.759. The van der Waals surface area contributed by atoms with Crippen molar-refractivity contribution >= 4 is 11.4 Å². The maximum absolute atomic E-state index is 12.9. The highest BCUT2D eigenvalue weighted by Gasteiger charge is 2.31. The van der Waals surface area contributed by atoms with E-state index in [1.165, 1.54) is 0 Å². The molecule has 1 aliphatic heterocycles. The first-order valence-corrected chi connectivity index (χ1v) is 6.15. The molecule has 1 aliphatic rings. The highest BCUT2D eigenvalue weighted by molar-refractivity contribution is 7.89. The summed E-state index contributed by atoms with van der Waals surface area (Å²) in [7, 11) is 0. The van der Waals surface area contributed by atoms with Gasteiger partial charge in [-0.1, -0.05) is 17.7 Å². The summed E-state index contributed by atoms with van der Waals surface area (Å²) >= 11 is -1.19. The van der Waals surface area contributed by atoms with Crippen LogP contribution in [0.15, 0.2) is 29.2 Å². The average Bonchev–Trinajstić information content (AvgIpc) is 2.65. The van der Waals surface area contributed by atoms with Crippen LogP contribution in [0.4, 0.5) is 4.39 Å². The Balaban J connectivity index is 2.07. The number of rotatable bonds is 2. The molecule has 15 heavy (non-hydrogen) atoms. The van der Waals surface area contributed by atoms with Gasteiger partial charge in [0.25, 0.3) is 0 Å². The summed E-state index contributed by atoms with van der Waals surface area (Å²) in [5.74, 6) is 0. The topological polar surface area (TPSA) is 26.3 Å². The standard InChI is InChI=1S/C11H14FNOS/c1-9-2-4-11(5-3-9)15(14)13-7-6-10(12)8-13/h2-5,10H,6-8H2,1H3. The maximum atomic E-state index is 12.9. The van der Waals surface area contributed by atoms with Gasteiger partial charge in [-0.2, -0.15) is 0 Å². The van der Waals surface area contributed by atoms with Crippen LogP contribution < -0.4 is 0 Å². The Morgan fingerprint density at radius 1 is 1.40 bits per heavy atom. The minimum atomic E-state index is -1.19. The molecule has 1 aromatic rings. The quantitative estimate of drug-likeness (QED) is 0.723.